The first-order chi connectivity index (χ1) is 14.0. The summed E-state index contributed by atoms with van der Waals surface area (Å²) in [5.74, 6) is -0.516. The highest BCUT2D eigenvalue weighted by molar-refractivity contribution is 6.00. The van der Waals surface area contributed by atoms with E-state index in [-0.39, 0.29) is 11.4 Å². The Morgan fingerprint density at radius 3 is 2.69 bits per heavy atom. The maximum Gasteiger partial charge on any atom is 0.247 e. The van der Waals surface area contributed by atoms with Crippen LogP contribution in [0.3, 0.4) is 0 Å². The summed E-state index contributed by atoms with van der Waals surface area (Å²) >= 11 is 0. The van der Waals surface area contributed by atoms with E-state index >= 15 is 0 Å². The number of hydrogen-bond acceptors (Lipinski definition) is 5. The van der Waals surface area contributed by atoms with Gasteiger partial charge in [0.15, 0.2) is 0 Å². The van der Waals surface area contributed by atoms with Crippen molar-refractivity contribution in [2.75, 3.05) is 5.32 Å². The third-order valence-corrected chi connectivity index (χ3v) is 4.52. The number of carbonyl (C=O) groups excluding carboxylic acids is 1. The van der Waals surface area contributed by atoms with Crippen LogP contribution in [0.25, 0.3) is 27.8 Å². The Balaban J connectivity index is 1.91. The highest BCUT2D eigenvalue weighted by atomic mass is 16.3. The Kier molecular flexibility index (Phi) is 4.33. The van der Waals surface area contributed by atoms with Crippen molar-refractivity contribution in [2.45, 2.75) is 0 Å². The van der Waals surface area contributed by atoms with Gasteiger partial charge in [0.2, 0.25) is 5.91 Å². The molecule has 1 amide bonds. The first-order valence-corrected chi connectivity index (χ1v) is 8.67. The fourth-order valence-corrected chi connectivity index (χ4v) is 3.14. The van der Waals surface area contributed by atoms with Gasteiger partial charge in [0, 0.05) is 36.1 Å². The van der Waals surface area contributed by atoms with Crippen molar-refractivity contribution < 1.29 is 9.90 Å². The quantitative estimate of drug-likeness (QED) is 0.415. The minimum Gasteiger partial charge on any atom is -0.506 e. The SMILES string of the molecule is C=CC(=O)Nc1ccc(-c2cc(-c3cnn(C)c3)cn3ncc(C#N)c23)cc1O. The topological polar surface area (TPSA) is 108 Å². The summed E-state index contributed by atoms with van der Waals surface area (Å²) in [6.07, 6.45) is 8.08. The fourth-order valence-electron chi connectivity index (χ4n) is 3.14. The number of amides is 1. The summed E-state index contributed by atoms with van der Waals surface area (Å²) in [4.78, 5) is 11.5. The molecule has 0 aliphatic carbocycles. The third kappa shape index (κ3) is 3.21. The van der Waals surface area contributed by atoms with E-state index in [4.69, 9.17) is 0 Å². The van der Waals surface area contributed by atoms with Crippen LogP contribution in [0.15, 0.2) is 61.7 Å². The molecule has 0 unspecified atom stereocenters. The molecule has 0 saturated carbocycles. The standard InChI is InChI=1S/C21H16N6O2/c1-3-20(29)25-18-5-4-13(7-19(18)28)17-6-14(16-10-23-26(2)11-16)12-27-21(17)15(8-22)9-24-27/h3-7,9-12,28H,1H2,2H3,(H,25,29). The lowest BCUT2D eigenvalue weighted by molar-refractivity contribution is -0.111. The summed E-state index contributed by atoms with van der Waals surface area (Å²) in [5, 5.41) is 30.9. The summed E-state index contributed by atoms with van der Waals surface area (Å²) in [7, 11) is 1.83. The third-order valence-electron chi connectivity index (χ3n) is 4.52. The predicted molar refractivity (Wildman–Crippen MR) is 108 cm³/mol. The number of phenols is 1. The van der Waals surface area contributed by atoms with Gasteiger partial charge in [-0.25, -0.2) is 4.52 Å². The molecule has 0 fully saturated rings. The van der Waals surface area contributed by atoms with Crippen molar-refractivity contribution in [3.05, 3.63) is 67.3 Å². The van der Waals surface area contributed by atoms with Gasteiger partial charge in [0.25, 0.3) is 0 Å². The Labute approximate surface area is 165 Å². The summed E-state index contributed by atoms with van der Waals surface area (Å²) in [6, 6.07) is 8.97. The smallest absolute Gasteiger partial charge is 0.247 e. The lowest BCUT2D eigenvalue weighted by Crippen LogP contribution is -2.07. The van der Waals surface area contributed by atoms with Gasteiger partial charge in [-0.2, -0.15) is 15.5 Å². The van der Waals surface area contributed by atoms with E-state index in [9.17, 15) is 15.2 Å². The van der Waals surface area contributed by atoms with Crippen LogP contribution in [0, 0.1) is 11.3 Å². The predicted octanol–water partition coefficient (Wildman–Crippen LogP) is 3.10. The molecule has 8 nitrogen and oxygen atoms in total. The number of benzene rings is 1. The maximum absolute atomic E-state index is 11.5. The number of nitrogens with zero attached hydrogens (tertiary/aromatic N) is 5. The van der Waals surface area contributed by atoms with Gasteiger partial charge >= 0.3 is 0 Å². The molecule has 2 N–H and O–H groups in total. The number of aromatic hydroxyl groups is 1. The molecule has 0 atom stereocenters. The molecule has 4 rings (SSSR count). The highest BCUT2D eigenvalue weighted by Gasteiger charge is 2.16. The molecule has 4 aromatic rings. The Morgan fingerprint density at radius 2 is 2.03 bits per heavy atom. The average Bonchev–Trinajstić information content (AvgIpc) is 3.34. The molecular weight excluding hydrogens is 368 g/mol. The minimum absolute atomic E-state index is 0.0966. The maximum atomic E-state index is 11.5. The van der Waals surface area contributed by atoms with Crippen LogP contribution in [0.1, 0.15) is 5.56 Å². The number of fused-ring (bicyclic) bond motifs is 1. The zero-order valence-corrected chi connectivity index (χ0v) is 15.5. The number of hydrogen-bond donors (Lipinski definition) is 2. The Morgan fingerprint density at radius 1 is 1.21 bits per heavy atom. The largest absolute Gasteiger partial charge is 0.506 e. The lowest BCUT2D eigenvalue weighted by atomic mass is 9.99. The van der Waals surface area contributed by atoms with Crippen LogP contribution >= 0.6 is 0 Å². The molecule has 3 aromatic heterocycles. The van der Waals surface area contributed by atoms with E-state index in [2.05, 4.69) is 28.2 Å². The van der Waals surface area contributed by atoms with Crippen molar-refractivity contribution in [3.8, 4) is 34.1 Å². The first kappa shape index (κ1) is 18.0. The number of phenolic OH excluding ortho intramolecular Hbond substituents is 1. The molecule has 0 aliphatic heterocycles. The zero-order chi connectivity index (χ0) is 20.5. The first-order valence-electron chi connectivity index (χ1n) is 8.67. The molecule has 3 heterocycles. The lowest BCUT2D eigenvalue weighted by Gasteiger charge is -2.11. The Bertz CT molecular complexity index is 1310. The van der Waals surface area contributed by atoms with Crippen LogP contribution in [0.2, 0.25) is 0 Å². The van der Waals surface area contributed by atoms with Crippen molar-refractivity contribution in [1.82, 2.24) is 19.4 Å². The number of nitriles is 1. The molecule has 0 aliphatic rings. The van der Waals surface area contributed by atoms with E-state index in [0.29, 0.717) is 16.6 Å². The van der Waals surface area contributed by atoms with Gasteiger partial charge in [-0.15, -0.1) is 0 Å². The second-order valence-electron chi connectivity index (χ2n) is 6.43. The normalized spacial score (nSPS) is 10.6. The van der Waals surface area contributed by atoms with E-state index in [1.165, 1.54) is 12.3 Å². The number of pyridine rings is 1. The molecule has 8 heteroatoms. The fraction of sp³-hybridized carbons (Fsp3) is 0.0476. The van der Waals surface area contributed by atoms with Gasteiger partial charge in [-0.3, -0.25) is 9.48 Å². The van der Waals surface area contributed by atoms with Crippen molar-refractivity contribution in [2.24, 2.45) is 7.05 Å². The second kappa shape index (κ2) is 6.98. The number of aromatic nitrogens is 4. The molecule has 0 radical (unpaired) electrons. The van der Waals surface area contributed by atoms with E-state index in [1.807, 2.05) is 25.5 Å². The molecule has 29 heavy (non-hydrogen) atoms. The molecule has 0 spiro atoms. The highest BCUT2D eigenvalue weighted by Crippen LogP contribution is 2.35. The van der Waals surface area contributed by atoms with E-state index in [0.717, 1.165) is 22.8 Å². The number of aryl methyl sites for hydroxylation is 1. The van der Waals surface area contributed by atoms with Crippen LogP contribution in [-0.2, 0) is 11.8 Å². The number of rotatable bonds is 4. The number of carbonyl (C=O) groups is 1. The molecule has 0 saturated heterocycles. The molecular formula is C21H16N6O2. The van der Waals surface area contributed by atoms with Crippen LogP contribution in [0.5, 0.6) is 5.75 Å². The van der Waals surface area contributed by atoms with Gasteiger partial charge in [0.1, 0.15) is 11.8 Å². The monoisotopic (exact) mass is 384 g/mol. The number of anilines is 1. The van der Waals surface area contributed by atoms with Crippen molar-refractivity contribution >= 4 is 17.1 Å². The van der Waals surface area contributed by atoms with E-state index in [1.54, 1.807) is 27.5 Å². The second-order valence-corrected chi connectivity index (χ2v) is 6.43. The molecule has 142 valence electrons. The van der Waals surface area contributed by atoms with Crippen molar-refractivity contribution in [3.63, 3.8) is 0 Å². The van der Waals surface area contributed by atoms with Gasteiger partial charge < -0.3 is 10.4 Å². The van der Waals surface area contributed by atoms with Gasteiger partial charge in [-0.1, -0.05) is 12.6 Å². The van der Waals surface area contributed by atoms with Gasteiger partial charge in [0.05, 0.1) is 29.2 Å². The number of nitrogens with one attached hydrogen (secondary N) is 1. The summed E-state index contributed by atoms with van der Waals surface area (Å²) in [5.41, 5.74) is 4.46. The zero-order valence-electron chi connectivity index (χ0n) is 15.5. The minimum atomic E-state index is -0.420. The van der Waals surface area contributed by atoms with E-state index < -0.39 is 5.91 Å². The Hall–Kier alpha value is -4.38. The molecule has 1 aromatic carbocycles. The van der Waals surface area contributed by atoms with Gasteiger partial charge in [-0.05, 0) is 29.8 Å². The molecule has 0 bridgehead atoms. The van der Waals surface area contributed by atoms with Crippen LogP contribution in [-0.4, -0.2) is 30.4 Å². The summed E-state index contributed by atoms with van der Waals surface area (Å²) in [6.45, 7) is 3.40. The van der Waals surface area contributed by atoms with Crippen LogP contribution in [0.4, 0.5) is 5.69 Å². The van der Waals surface area contributed by atoms with Crippen LogP contribution < -0.4 is 5.32 Å². The average molecular weight is 384 g/mol. The summed E-state index contributed by atoms with van der Waals surface area (Å²) < 4.78 is 3.34. The van der Waals surface area contributed by atoms with Crippen molar-refractivity contribution in [1.29, 1.82) is 5.26 Å².